The van der Waals surface area contributed by atoms with E-state index in [1.807, 2.05) is 18.4 Å². The van der Waals surface area contributed by atoms with Gasteiger partial charge in [-0.1, -0.05) is 0 Å². The Kier molecular flexibility index (Phi) is 4.88. The second-order valence-corrected chi connectivity index (χ2v) is 9.45. The second kappa shape index (κ2) is 5.84. The van der Waals surface area contributed by atoms with Crippen molar-refractivity contribution in [2.45, 2.75) is 13.0 Å². The molecule has 0 saturated carbocycles. The average Bonchev–Trinajstić information content (AvgIpc) is 2.74. The van der Waals surface area contributed by atoms with E-state index >= 15 is 0 Å². The second-order valence-electron chi connectivity index (χ2n) is 3.55. The summed E-state index contributed by atoms with van der Waals surface area (Å²) < 4.78 is 3.50. The lowest BCUT2D eigenvalue weighted by atomic mass is 10.1. The van der Waals surface area contributed by atoms with Gasteiger partial charge in [-0.2, -0.15) is 0 Å². The highest BCUT2D eigenvalue weighted by atomic mass is 79.9. The molecule has 0 aromatic carbocycles. The minimum Gasteiger partial charge on any atom is -0.309 e. The van der Waals surface area contributed by atoms with E-state index in [2.05, 4.69) is 72.2 Å². The van der Waals surface area contributed by atoms with E-state index in [4.69, 9.17) is 0 Å². The van der Waals surface area contributed by atoms with Gasteiger partial charge in [-0.3, -0.25) is 0 Å². The zero-order chi connectivity index (χ0) is 12.6. The summed E-state index contributed by atoms with van der Waals surface area (Å²) in [7, 11) is 1.99. The molecule has 92 valence electrons. The molecule has 0 aliphatic rings. The van der Waals surface area contributed by atoms with Crippen molar-refractivity contribution < 1.29 is 0 Å². The SMILES string of the molecule is CNC(c1cc(Br)c(C)s1)c1cc(Br)sc1Br. The van der Waals surface area contributed by atoms with Crippen LogP contribution in [-0.4, -0.2) is 7.05 Å². The molecule has 2 rings (SSSR count). The van der Waals surface area contributed by atoms with Crippen molar-refractivity contribution in [2.24, 2.45) is 0 Å². The van der Waals surface area contributed by atoms with Crippen LogP contribution in [0.3, 0.4) is 0 Å². The molecule has 0 radical (unpaired) electrons. The Labute approximate surface area is 134 Å². The van der Waals surface area contributed by atoms with Gasteiger partial charge in [0, 0.05) is 19.8 Å². The number of thiophene rings is 2. The average molecular weight is 460 g/mol. The van der Waals surface area contributed by atoms with Crippen molar-refractivity contribution in [3.05, 3.63) is 39.5 Å². The van der Waals surface area contributed by atoms with Crippen LogP contribution < -0.4 is 5.32 Å². The third-order valence-electron chi connectivity index (χ3n) is 2.44. The molecule has 0 fully saturated rings. The number of aryl methyl sites for hydroxylation is 1. The molecule has 0 saturated heterocycles. The van der Waals surface area contributed by atoms with E-state index in [1.54, 1.807) is 11.3 Å². The number of rotatable bonds is 3. The summed E-state index contributed by atoms with van der Waals surface area (Å²) in [4.78, 5) is 2.63. The summed E-state index contributed by atoms with van der Waals surface area (Å²) in [5.41, 5.74) is 1.28. The summed E-state index contributed by atoms with van der Waals surface area (Å²) in [6.45, 7) is 2.13. The lowest BCUT2D eigenvalue weighted by Crippen LogP contribution is -2.16. The molecule has 0 aliphatic carbocycles. The molecule has 2 aromatic heterocycles. The summed E-state index contributed by atoms with van der Waals surface area (Å²) in [6.07, 6.45) is 0. The predicted molar refractivity (Wildman–Crippen MR) is 87.4 cm³/mol. The Morgan fingerprint density at radius 2 is 1.88 bits per heavy atom. The fraction of sp³-hybridized carbons (Fsp3) is 0.273. The highest BCUT2D eigenvalue weighted by Gasteiger charge is 2.20. The topological polar surface area (TPSA) is 12.0 Å². The van der Waals surface area contributed by atoms with E-state index in [-0.39, 0.29) is 6.04 Å². The Balaban J connectivity index is 2.43. The number of hydrogen-bond acceptors (Lipinski definition) is 3. The molecular weight excluding hydrogens is 450 g/mol. The van der Waals surface area contributed by atoms with E-state index in [0.717, 1.165) is 3.79 Å². The fourth-order valence-corrected chi connectivity index (χ4v) is 6.22. The number of nitrogens with one attached hydrogen (secondary N) is 1. The third kappa shape index (κ3) is 3.04. The van der Waals surface area contributed by atoms with Crippen LogP contribution in [0.5, 0.6) is 0 Å². The van der Waals surface area contributed by atoms with Gasteiger partial charge < -0.3 is 5.32 Å². The quantitative estimate of drug-likeness (QED) is 0.619. The minimum atomic E-state index is 0.238. The van der Waals surface area contributed by atoms with E-state index in [9.17, 15) is 0 Å². The zero-order valence-corrected chi connectivity index (χ0v) is 15.6. The van der Waals surface area contributed by atoms with Crippen LogP contribution in [-0.2, 0) is 0 Å². The Morgan fingerprint density at radius 1 is 1.18 bits per heavy atom. The van der Waals surface area contributed by atoms with Gasteiger partial charge in [0.2, 0.25) is 0 Å². The van der Waals surface area contributed by atoms with Gasteiger partial charge in [-0.15, -0.1) is 22.7 Å². The normalized spacial score (nSPS) is 13.0. The minimum absolute atomic E-state index is 0.238. The lowest BCUT2D eigenvalue weighted by Gasteiger charge is -2.13. The number of halogens is 3. The van der Waals surface area contributed by atoms with Gasteiger partial charge in [0.05, 0.1) is 13.6 Å². The van der Waals surface area contributed by atoms with Crippen LogP contribution in [0.1, 0.15) is 21.4 Å². The molecule has 1 nitrogen and oxygen atoms in total. The molecule has 0 aliphatic heterocycles. The summed E-state index contributed by atoms with van der Waals surface area (Å²) >= 11 is 14.2. The van der Waals surface area contributed by atoms with Gasteiger partial charge in [0.1, 0.15) is 0 Å². The predicted octanol–water partition coefficient (Wildman–Crippen LogP) is 5.71. The molecule has 2 aromatic rings. The van der Waals surface area contributed by atoms with E-state index in [1.165, 1.54) is 23.6 Å². The lowest BCUT2D eigenvalue weighted by molar-refractivity contribution is 0.704. The molecule has 0 bridgehead atoms. The summed E-state index contributed by atoms with van der Waals surface area (Å²) in [5.74, 6) is 0. The molecule has 0 amide bonds. The molecule has 1 unspecified atom stereocenters. The molecule has 1 N–H and O–H groups in total. The third-order valence-corrected chi connectivity index (χ3v) is 7.03. The maximum absolute atomic E-state index is 3.62. The molecule has 17 heavy (non-hydrogen) atoms. The first-order valence-electron chi connectivity index (χ1n) is 4.90. The van der Waals surface area contributed by atoms with Crippen molar-refractivity contribution in [2.75, 3.05) is 7.05 Å². The van der Waals surface area contributed by atoms with Crippen molar-refractivity contribution in [3.8, 4) is 0 Å². The highest BCUT2D eigenvalue weighted by Crippen LogP contribution is 2.40. The Morgan fingerprint density at radius 3 is 2.29 bits per heavy atom. The maximum Gasteiger partial charge on any atom is 0.0762 e. The first-order chi connectivity index (χ1) is 8.02. The smallest absolute Gasteiger partial charge is 0.0762 e. The summed E-state index contributed by atoms with van der Waals surface area (Å²) in [5, 5.41) is 3.37. The van der Waals surface area contributed by atoms with Crippen LogP contribution >= 0.6 is 70.5 Å². The highest BCUT2D eigenvalue weighted by molar-refractivity contribution is 9.12. The van der Waals surface area contributed by atoms with Crippen LogP contribution in [0.2, 0.25) is 0 Å². The van der Waals surface area contributed by atoms with Crippen LogP contribution in [0.4, 0.5) is 0 Å². The van der Waals surface area contributed by atoms with Crippen molar-refractivity contribution in [1.29, 1.82) is 0 Å². The van der Waals surface area contributed by atoms with E-state index < -0.39 is 0 Å². The molecule has 1 atom stereocenters. The largest absolute Gasteiger partial charge is 0.309 e. The van der Waals surface area contributed by atoms with Gasteiger partial charge in [0.15, 0.2) is 0 Å². The zero-order valence-electron chi connectivity index (χ0n) is 9.18. The molecule has 6 heteroatoms. The van der Waals surface area contributed by atoms with Gasteiger partial charge in [-0.05, 0) is 73.9 Å². The monoisotopic (exact) mass is 457 g/mol. The standard InChI is InChI=1S/C11H10Br3NS2/c1-5-7(12)4-8(16-5)10(15-2)6-3-9(13)17-11(6)14/h3-4,10,15H,1-2H3. The maximum atomic E-state index is 3.62. The Bertz CT molecular complexity index is 513. The molecular formula is C11H10Br3NS2. The first kappa shape index (κ1) is 14.2. The van der Waals surface area contributed by atoms with Crippen LogP contribution in [0.15, 0.2) is 24.2 Å². The molecule has 0 spiro atoms. The van der Waals surface area contributed by atoms with Crippen LogP contribution in [0.25, 0.3) is 0 Å². The molecule has 2 heterocycles. The number of hydrogen-bond donors (Lipinski definition) is 1. The van der Waals surface area contributed by atoms with Gasteiger partial charge >= 0.3 is 0 Å². The Hall–Kier alpha value is 0.800. The van der Waals surface area contributed by atoms with Gasteiger partial charge in [0.25, 0.3) is 0 Å². The fourth-order valence-electron chi connectivity index (χ4n) is 1.62. The van der Waals surface area contributed by atoms with Crippen molar-refractivity contribution >= 4 is 70.5 Å². The summed E-state index contributed by atoms with van der Waals surface area (Å²) in [6, 6.07) is 4.60. The van der Waals surface area contributed by atoms with Crippen LogP contribution in [0, 0.1) is 6.92 Å². The first-order valence-corrected chi connectivity index (χ1v) is 8.92. The van der Waals surface area contributed by atoms with Crippen molar-refractivity contribution in [1.82, 2.24) is 5.32 Å². The van der Waals surface area contributed by atoms with Crippen molar-refractivity contribution in [3.63, 3.8) is 0 Å². The van der Waals surface area contributed by atoms with E-state index in [0.29, 0.717) is 0 Å². The van der Waals surface area contributed by atoms with Gasteiger partial charge in [-0.25, -0.2) is 0 Å².